The normalized spacial score (nSPS) is 15.2. The van der Waals surface area contributed by atoms with Crippen LogP contribution in [0.4, 0.5) is 5.69 Å². The molecule has 0 saturated heterocycles. The van der Waals surface area contributed by atoms with Crippen LogP contribution < -0.4 is 10.1 Å². The first-order valence-electron chi connectivity index (χ1n) is 6.25. The molecule has 0 spiro atoms. The van der Waals surface area contributed by atoms with Gasteiger partial charge >= 0.3 is 5.69 Å². The lowest BCUT2D eigenvalue weighted by atomic mass is 10.1. The number of amides is 1. The van der Waals surface area contributed by atoms with Crippen molar-refractivity contribution >= 4 is 11.6 Å². The molecule has 6 nitrogen and oxygen atoms in total. The molecule has 0 atom stereocenters. The first-order chi connectivity index (χ1) is 9.11. The molecule has 1 aliphatic rings. The third-order valence-electron chi connectivity index (χ3n) is 3.33. The van der Waals surface area contributed by atoms with Crippen molar-refractivity contribution in [3.05, 3.63) is 33.9 Å². The summed E-state index contributed by atoms with van der Waals surface area (Å²) in [6.07, 6.45) is 4.26. The van der Waals surface area contributed by atoms with E-state index in [2.05, 4.69) is 5.32 Å². The van der Waals surface area contributed by atoms with Gasteiger partial charge in [0.15, 0.2) is 5.75 Å². The lowest BCUT2D eigenvalue weighted by molar-refractivity contribution is -0.385. The van der Waals surface area contributed by atoms with Crippen molar-refractivity contribution in [3.8, 4) is 5.75 Å². The van der Waals surface area contributed by atoms with E-state index in [9.17, 15) is 14.9 Å². The van der Waals surface area contributed by atoms with Crippen molar-refractivity contribution in [3.63, 3.8) is 0 Å². The van der Waals surface area contributed by atoms with Gasteiger partial charge in [-0.05, 0) is 18.9 Å². The van der Waals surface area contributed by atoms with Crippen LogP contribution in [0.15, 0.2) is 18.2 Å². The molecule has 0 heterocycles. The zero-order valence-electron chi connectivity index (χ0n) is 10.7. The Labute approximate surface area is 110 Å². The van der Waals surface area contributed by atoms with Crippen molar-refractivity contribution in [2.75, 3.05) is 7.11 Å². The van der Waals surface area contributed by atoms with E-state index < -0.39 is 4.92 Å². The standard InChI is InChI=1S/C13H16N2O4/c1-19-12-8-9(6-7-11(12)15(17)18)13(16)14-10-4-2-3-5-10/h6-8,10H,2-5H2,1H3,(H,14,16). The van der Waals surface area contributed by atoms with E-state index in [0.29, 0.717) is 5.56 Å². The Hall–Kier alpha value is -2.11. The minimum atomic E-state index is -0.530. The Morgan fingerprint density at radius 2 is 2.11 bits per heavy atom. The molecule has 19 heavy (non-hydrogen) atoms. The van der Waals surface area contributed by atoms with Gasteiger partial charge in [-0.15, -0.1) is 0 Å². The summed E-state index contributed by atoms with van der Waals surface area (Å²) in [5, 5.41) is 13.7. The number of carbonyl (C=O) groups excluding carboxylic acids is 1. The number of nitrogens with one attached hydrogen (secondary N) is 1. The SMILES string of the molecule is COc1cc(C(=O)NC2CCCC2)ccc1[N+](=O)[O-]. The van der Waals surface area contributed by atoms with Crippen LogP contribution in [-0.4, -0.2) is 24.0 Å². The van der Waals surface area contributed by atoms with E-state index in [1.165, 1.54) is 25.3 Å². The first-order valence-corrected chi connectivity index (χ1v) is 6.25. The molecule has 1 aliphatic carbocycles. The van der Waals surface area contributed by atoms with Gasteiger partial charge in [-0.25, -0.2) is 0 Å². The number of nitrogens with zero attached hydrogens (tertiary/aromatic N) is 1. The molecule has 1 fully saturated rings. The van der Waals surface area contributed by atoms with Crippen LogP contribution in [0.25, 0.3) is 0 Å². The van der Waals surface area contributed by atoms with Crippen LogP contribution >= 0.6 is 0 Å². The monoisotopic (exact) mass is 264 g/mol. The van der Waals surface area contributed by atoms with E-state index in [1.54, 1.807) is 0 Å². The maximum atomic E-state index is 12.0. The van der Waals surface area contributed by atoms with E-state index in [0.717, 1.165) is 25.7 Å². The molecular weight excluding hydrogens is 248 g/mol. The Morgan fingerprint density at radius 1 is 1.42 bits per heavy atom. The molecule has 1 N–H and O–H groups in total. The molecule has 102 valence electrons. The lowest BCUT2D eigenvalue weighted by Gasteiger charge is -2.12. The van der Waals surface area contributed by atoms with Gasteiger partial charge in [0.25, 0.3) is 5.91 Å². The molecule has 1 amide bonds. The van der Waals surface area contributed by atoms with Gasteiger partial charge < -0.3 is 10.1 Å². The third kappa shape index (κ3) is 3.01. The second-order valence-electron chi connectivity index (χ2n) is 4.60. The van der Waals surface area contributed by atoms with Crippen molar-refractivity contribution < 1.29 is 14.5 Å². The highest BCUT2D eigenvalue weighted by Crippen LogP contribution is 2.27. The van der Waals surface area contributed by atoms with Gasteiger partial charge in [0.1, 0.15) is 0 Å². The molecule has 0 aromatic heterocycles. The average Bonchev–Trinajstić information content (AvgIpc) is 2.90. The Kier molecular flexibility index (Phi) is 3.99. The first kappa shape index (κ1) is 13.3. The number of nitro groups is 1. The Bertz CT molecular complexity index is 495. The zero-order chi connectivity index (χ0) is 13.8. The predicted molar refractivity (Wildman–Crippen MR) is 69.4 cm³/mol. The number of hydrogen-bond acceptors (Lipinski definition) is 4. The largest absolute Gasteiger partial charge is 0.490 e. The van der Waals surface area contributed by atoms with Gasteiger partial charge in [0.2, 0.25) is 0 Å². The summed E-state index contributed by atoms with van der Waals surface area (Å²) in [6, 6.07) is 4.36. The summed E-state index contributed by atoms with van der Waals surface area (Å²) in [5.74, 6) is -0.107. The van der Waals surface area contributed by atoms with E-state index in [1.807, 2.05) is 0 Å². The average molecular weight is 264 g/mol. The molecule has 1 aromatic rings. The quantitative estimate of drug-likeness (QED) is 0.668. The highest BCUT2D eigenvalue weighted by atomic mass is 16.6. The molecule has 0 aliphatic heterocycles. The van der Waals surface area contributed by atoms with Crippen molar-refractivity contribution in [2.24, 2.45) is 0 Å². The Morgan fingerprint density at radius 3 is 2.68 bits per heavy atom. The summed E-state index contributed by atoms with van der Waals surface area (Å²) >= 11 is 0. The van der Waals surface area contributed by atoms with Crippen LogP contribution in [0.3, 0.4) is 0 Å². The zero-order valence-corrected chi connectivity index (χ0v) is 10.7. The molecule has 2 rings (SSSR count). The van der Waals surface area contributed by atoms with Crippen LogP contribution in [0.1, 0.15) is 36.0 Å². The van der Waals surface area contributed by atoms with Crippen molar-refractivity contribution in [1.82, 2.24) is 5.32 Å². The summed E-state index contributed by atoms with van der Waals surface area (Å²) < 4.78 is 4.95. The number of hydrogen-bond donors (Lipinski definition) is 1. The van der Waals surface area contributed by atoms with Crippen LogP contribution in [0, 0.1) is 10.1 Å². The molecule has 6 heteroatoms. The molecule has 0 unspecified atom stereocenters. The van der Waals surface area contributed by atoms with Gasteiger partial charge in [-0.2, -0.15) is 0 Å². The van der Waals surface area contributed by atoms with E-state index >= 15 is 0 Å². The maximum Gasteiger partial charge on any atom is 0.310 e. The fraction of sp³-hybridized carbons (Fsp3) is 0.462. The van der Waals surface area contributed by atoms with Gasteiger partial charge in [-0.3, -0.25) is 14.9 Å². The number of methoxy groups -OCH3 is 1. The smallest absolute Gasteiger partial charge is 0.310 e. The highest BCUT2D eigenvalue weighted by molar-refractivity contribution is 5.95. The minimum Gasteiger partial charge on any atom is -0.490 e. The second-order valence-corrected chi connectivity index (χ2v) is 4.60. The second kappa shape index (κ2) is 5.69. The van der Waals surface area contributed by atoms with E-state index in [4.69, 9.17) is 4.74 Å². The van der Waals surface area contributed by atoms with Gasteiger partial charge in [-0.1, -0.05) is 12.8 Å². The summed E-state index contributed by atoms with van der Waals surface area (Å²) in [4.78, 5) is 22.2. The summed E-state index contributed by atoms with van der Waals surface area (Å²) in [5.41, 5.74) is 0.245. The minimum absolute atomic E-state index is 0.101. The van der Waals surface area contributed by atoms with Crippen LogP contribution in [-0.2, 0) is 0 Å². The topological polar surface area (TPSA) is 81.5 Å². The van der Waals surface area contributed by atoms with Crippen LogP contribution in [0.2, 0.25) is 0 Å². The number of rotatable bonds is 4. The molecular formula is C13H16N2O4. The van der Waals surface area contributed by atoms with Crippen molar-refractivity contribution in [2.45, 2.75) is 31.7 Å². The number of benzene rings is 1. The fourth-order valence-corrected chi connectivity index (χ4v) is 2.31. The molecule has 0 bridgehead atoms. The third-order valence-corrected chi connectivity index (χ3v) is 3.33. The van der Waals surface area contributed by atoms with E-state index in [-0.39, 0.29) is 23.4 Å². The van der Waals surface area contributed by atoms with Crippen LogP contribution in [0.5, 0.6) is 5.75 Å². The summed E-state index contributed by atoms with van der Waals surface area (Å²) in [6.45, 7) is 0. The fourth-order valence-electron chi connectivity index (χ4n) is 2.31. The van der Waals surface area contributed by atoms with Gasteiger partial charge in [0.05, 0.1) is 12.0 Å². The summed E-state index contributed by atoms with van der Waals surface area (Å²) in [7, 11) is 1.35. The maximum absolute atomic E-state index is 12.0. The lowest BCUT2D eigenvalue weighted by Crippen LogP contribution is -2.32. The molecule has 1 aromatic carbocycles. The number of ether oxygens (including phenoxy) is 1. The highest BCUT2D eigenvalue weighted by Gasteiger charge is 2.21. The van der Waals surface area contributed by atoms with Crippen molar-refractivity contribution in [1.29, 1.82) is 0 Å². The molecule has 1 saturated carbocycles. The van der Waals surface area contributed by atoms with Gasteiger partial charge in [0, 0.05) is 23.7 Å². The molecule has 0 radical (unpaired) electrons. The number of carbonyl (C=O) groups is 1. The predicted octanol–water partition coefficient (Wildman–Crippen LogP) is 2.28. The number of nitro benzene ring substituents is 1. The Balaban J connectivity index is 2.15.